The molecule has 218 valence electrons. The van der Waals surface area contributed by atoms with Crippen LogP contribution in [0.25, 0.3) is 22.2 Å². The van der Waals surface area contributed by atoms with E-state index in [9.17, 15) is 28.3 Å². The maximum Gasteiger partial charge on any atom is 0.341 e. The summed E-state index contributed by atoms with van der Waals surface area (Å²) in [6, 6.07) is 20.0. The van der Waals surface area contributed by atoms with Crippen LogP contribution in [0.1, 0.15) is 34.0 Å². The fourth-order valence-electron chi connectivity index (χ4n) is 5.14. The predicted molar refractivity (Wildman–Crippen MR) is 160 cm³/mol. The van der Waals surface area contributed by atoms with Gasteiger partial charge in [0.25, 0.3) is 0 Å². The van der Waals surface area contributed by atoms with Crippen molar-refractivity contribution in [1.29, 1.82) is 0 Å². The average molecular weight is 583 g/mol. The number of anilines is 1. The summed E-state index contributed by atoms with van der Waals surface area (Å²) in [5.41, 5.74) is 1.91. The van der Waals surface area contributed by atoms with Crippen LogP contribution >= 0.6 is 0 Å². The fourth-order valence-corrected chi connectivity index (χ4v) is 5.14. The van der Waals surface area contributed by atoms with Crippen LogP contribution in [0.3, 0.4) is 0 Å². The Kier molecular flexibility index (Phi) is 8.40. The van der Waals surface area contributed by atoms with Crippen molar-refractivity contribution >= 4 is 28.5 Å². The molecule has 0 unspecified atom stereocenters. The third-order valence-electron chi connectivity index (χ3n) is 7.06. The molecule has 0 bridgehead atoms. The number of carbonyl (C=O) groups is 2. The number of pyridine rings is 2. The Morgan fingerprint density at radius 1 is 0.930 bits per heavy atom. The number of carboxylic acid groups (broad SMARTS) is 1. The van der Waals surface area contributed by atoms with Crippen LogP contribution in [0.4, 0.5) is 14.5 Å². The van der Waals surface area contributed by atoms with Gasteiger partial charge in [-0.15, -0.1) is 0 Å². The van der Waals surface area contributed by atoms with Crippen LogP contribution < -0.4 is 10.7 Å². The maximum absolute atomic E-state index is 14.7. The highest BCUT2D eigenvalue weighted by atomic mass is 19.1. The molecule has 2 aromatic heterocycles. The zero-order valence-corrected chi connectivity index (χ0v) is 23.5. The second-order valence-electron chi connectivity index (χ2n) is 10.3. The highest BCUT2D eigenvalue weighted by Crippen LogP contribution is 2.31. The minimum Gasteiger partial charge on any atom is -0.477 e. The molecular formula is C33H28F2N4O4. The topological polar surface area (TPSA) is 105 Å². The minimum absolute atomic E-state index is 0.113. The van der Waals surface area contributed by atoms with Gasteiger partial charge in [-0.1, -0.05) is 42.5 Å². The second kappa shape index (κ2) is 12.3. The van der Waals surface area contributed by atoms with Crippen molar-refractivity contribution in [3.63, 3.8) is 0 Å². The fraction of sp³-hybridized carbons (Fsp3) is 0.152. The number of halogens is 2. The molecular weight excluding hydrogens is 554 g/mol. The van der Waals surface area contributed by atoms with Gasteiger partial charge in [-0.2, -0.15) is 0 Å². The number of amides is 1. The van der Waals surface area contributed by atoms with Gasteiger partial charge in [-0.25, -0.2) is 13.6 Å². The summed E-state index contributed by atoms with van der Waals surface area (Å²) in [6.45, 7) is 1.80. The van der Waals surface area contributed by atoms with Crippen molar-refractivity contribution in [2.75, 3.05) is 12.4 Å². The zero-order chi connectivity index (χ0) is 30.7. The van der Waals surface area contributed by atoms with Crippen LogP contribution in [0, 0.1) is 11.6 Å². The van der Waals surface area contributed by atoms with E-state index in [1.54, 1.807) is 24.3 Å². The number of nitrogens with zero attached hydrogens (tertiary/aromatic N) is 3. The lowest BCUT2D eigenvalue weighted by Gasteiger charge is -2.22. The molecule has 0 atom stereocenters. The second-order valence-corrected chi connectivity index (χ2v) is 10.3. The Hall–Kier alpha value is -5.22. The summed E-state index contributed by atoms with van der Waals surface area (Å²) < 4.78 is 30.7. The Morgan fingerprint density at radius 3 is 2.28 bits per heavy atom. The number of hydrogen-bond acceptors (Lipinski definition) is 5. The van der Waals surface area contributed by atoms with Gasteiger partial charge in [-0.3, -0.25) is 19.5 Å². The van der Waals surface area contributed by atoms with E-state index in [0.717, 1.165) is 23.9 Å². The van der Waals surface area contributed by atoms with E-state index in [1.807, 2.05) is 42.3 Å². The molecule has 0 spiro atoms. The molecule has 43 heavy (non-hydrogen) atoms. The number of carboxylic acids is 1. The minimum atomic E-state index is -1.46. The van der Waals surface area contributed by atoms with Crippen molar-refractivity contribution < 1.29 is 23.5 Å². The number of nitrogens with one attached hydrogen (secondary N) is 1. The normalized spacial score (nSPS) is 11.2. The highest BCUT2D eigenvalue weighted by molar-refractivity contribution is 5.96. The zero-order valence-electron chi connectivity index (χ0n) is 23.5. The van der Waals surface area contributed by atoms with Crippen molar-refractivity contribution in [2.24, 2.45) is 0 Å². The largest absolute Gasteiger partial charge is 0.477 e. The lowest BCUT2D eigenvalue weighted by molar-refractivity contribution is -0.114. The third kappa shape index (κ3) is 6.34. The lowest BCUT2D eigenvalue weighted by atomic mass is 9.96. The number of rotatable bonds is 9. The molecule has 3 aromatic carbocycles. The summed E-state index contributed by atoms with van der Waals surface area (Å²) in [7, 11) is 1.87. The Morgan fingerprint density at radius 2 is 1.65 bits per heavy atom. The van der Waals surface area contributed by atoms with Crippen LogP contribution in [-0.4, -0.2) is 38.5 Å². The quantitative estimate of drug-likeness (QED) is 0.232. The van der Waals surface area contributed by atoms with Crippen LogP contribution in [0.5, 0.6) is 0 Å². The molecule has 0 fully saturated rings. The number of hydrogen-bond donors (Lipinski definition) is 2. The van der Waals surface area contributed by atoms with Gasteiger partial charge in [0.2, 0.25) is 11.3 Å². The highest BCUT2D eigenvalue weighted by Gasteiger charge is 2.22. The van der Waals surface area contributed by atoms with Crippen molar-refractivity contribution in [3.8, 4) is 11.3 Å². The van der Waals surface area contributed by atoms with Gasteiger partial charge < -0.3 is 15.0 Å². The van der Waals surface area contributed by atoms with E-state index < -0.39 is 28.6 Å². The van der Waals surface area contributed by atoms with Gasteiger partial charge >= 0.3 is 5.97 Å². The number of aromatic nitrogens is 2. The average Bonchev–Trinajstić information content (AvgIpc) is 2.96. The molecule has 0 aliphatic rings. The van der Waals surface area contributed by atoms with Crippen LogP contribution in [0.2, 0.25) is 0 Å². The van der Waals surface area contributed by atoms with Crippen molar-refractivity contribution in [2.45, 2.75) is 26.6 Å². The number of carbonyl (C=O) groups excluding carboxylic acids is 1. The van der Waals surface area contributed by atoms with Gasteiger partial charge in [0.15, 0.2) is 0 Å². The number of benzene rings is 3. The standard InChI is InChI=1S/C33H28F2N4O4/c1-20(40)37-22-11-13-29(36-15-22)23-12-14-30-31(24(23)17-38(2)16-21-7-4-3-5-8-21)32(41)26(33(42)43)19-39(30)18-25-27(34)9-6-10-28(25)35/h3-15,19H,16-18H2,1-2H3,(H,37,40)(H,42,43). The molecule has 2 N–H and O–H groups in total. The summed E-state index contributed by atoms with van der Waals surface area (Å²) in [6.07, 6.45) is 2.61. The molecule has 10 heteroatoms. The van der Waals surface area contributed by atoms with Crippen molar-refractivity contribution in [1.82, 2.24) is 14.5 Å². The van der Waals surface area contributed by atoms with E-state index >= 15 is 0 Å². The summed E-state index contributed by atoms with van der Waals surface area (Å²) >= 11 is 0. The summed E-state index contributed by atoms with van der Waals surface area (Å²) in [5.74, 6) is -3.28. The van der Waals surface area contributed by atoms with Gasteiger partial charge in [0, 0.05) is 37.3 Å². The number of fused-ring (bicyclic) bond motifs is 1. The molecule has 5 aromatic rings. The molecule has 1 amide bonds. The van der Waals surface area contributed by atoms with E-state index in [1.165, 1.54) is 23.8 Å². The predicted octanol–water partition coefficient (Wildman–Crippen LogP) is 5.68. The van der Waals surface area contributed by atoms with Gasteiger partial charge in [0.05, 0.1) is 35.0 Å². The molecule has 0 saturated carbocycles. The van der Waals surface area contributed by atoms with E-state index in [-0.39, 0.29) is 29.9 Å². The molecule has 0 aliphatic carbocycles. The first-order chi connectivity index (χ1) is 20.6. The molecule has 0 aliphatic heterocycles. The molecule has 2 heterocycles. The molecule has 0 radical (unpaired) electrons. The SMILES string of the molecule is CC(=O)Nc1ccc(-c2ccc3c(c2CN(C)Cc2ccccc2)c(=O)c(C(=O)O)cn3Cc2c(F)cccc2F)nc1. The van der Waals surface area contributed by atoms with Crippen LogP contribution in [0.15, 0.2) is 90.0 Å². The molecule has 5 rings (SSSR count). The van der Waals surface area contributed by atoms with E-state index in [2.05, 4.69) is 10.3 Å². The first kappa shape index (κ1) is 29.3. The van der Waals surface area contributed by atoms with E-state index in [0.29, 0.717) is 34.6 Å². The first-order valence-corrected chi connectivity index (χ1v) is 13.4. The monoisotopic (exact) mass is 582 g/mol. The third-order valence-corrected chi connectivity index (χ3v) is 7.06. The maximum atomic E-state index is 14.7. The Labute approximate surface area is 245 Å². The van der Waals surface area contributed by atoms with Crippen molar-refractivity contribution in [3.05, 3.63) is 129 Å². The first-order valence-electron chi connectivity index (χ1n) is 13.4. The number of aromatic carboxylic acids is 1. The molecule has 8 nitrogen and oxygen atoms in total. The molecule has 0 saturated heterocycles. The Balaban J connectivity index is 1.73. The van der Waals surface area contributed by atoms with Crippen LogP contribution in [-0.2, 0) is 24.4 Å². The summed E-state index contributed by atoms with van der Waals surface area (Å²) in [4.78, 5) is 44.0. The van der Waals surface area contributed by atoms with E-state index in [4.69, 9.17) is 0 Å². The van der Waals surface area contributed by atoms with Gasteiger partial charge in [-0.05, 0) is 48.5 Å². The summed E-state index contributed by atoms with van der Waals surface area (Å²) in [5, 5.41) is 12.7. The Bertz CT molecular complexity index is 1870. The smallest absolute Gasteiger partial charge is 0.341 e. The van der Waals surface area contributed by atoms with Gasteiger partial charge in [0.1, 0.15) is 17.2 Å². The lowest BCUT2D eigenvalue weighted by Crippen LogP contribution is -2.24.